The Labute approximate surface area is 89.5 Å². The molecule has 1 aliphatic rings. The van der Waals surface area contributed by atoms with Crippen molar-refractivity contribution in [3.05, 3.63) is 18.0 Å². The maximum Gasteiger partial charge on any atom is 0.153 e. The number of aromatic nitrogens is 2. The Morgan fingerprint density at radius 3 is 2.73 bits per heavy atom. The summed E-state index contributed by atoms with van der Waals surface area (Å²) < 4.78 is 1.93. The summed E-state index contributed by atoms with van der Waals surface area (Å²) in [6, 6.07) is 0.460. The Bertz CT molecular complexity index is 326. The molecule has 82 valence electrons. The number of rotatable bonds is 3. The van der Waals surface area contributed by atoms with Crippen LogP contribution in [-0.2, 0) is 0 Å². The van der Waals surface area contributed by atoms with Crippen molar-refractivity contribution in [1.82, 2.24) is 9.78 Å². The van der Waals surface area contributed by atoms with Crippen molar-refractivity contribution in [1.29, 1.82) is 0 Å². The third-order valence-electron chi connectivity index (χ3n) is 3.28. The molecule has 1 heterocycles. The summed E-state index contributed by atoms with van der Waals surface area (Å²) in [5.41, 5.74) is 6.31. The van der Waals surface area contributed by atoms with Crippen LogP contribution in [0.1, 0.15) is 42.1 Å². The van der Waals surface area contributed by atoms with E-state index in [0.717, 1.165) is 25.7 Å². The monoisotopic (exact) mass is 207 g/mol. The van der Waals surface area contributed by atoms with Gasteiger partial charge in [0.2, 0.25) is 0 Å². The molecule has 0 unspecified atom stereocenters. The Morgan fingerprint density at radius 2 is 2.20 bits per heavy atom. The lowest BCUT2D eigenvalue weighted by molar-refractivity contribution is 0.112. The fourth-order valence-electron chi connectivity index (χ4n) is 2.26. The van der Waals surface area contributed by atoms with E-state index in [0.29, 0.717) is 17.5 Å². The lowest BCUT2D eigenvalue weighted by Gasteiger charge is -2.27. The highest BCUT2D eigenvalue weighted by Gasteiger charge is 2.21. The van der Waals surface area contributed by atoms with Gasteiger partial charge in [-0.3, -0.25) is 9.48 Å². The first kappa shape index (κ1) is 10.4. The van der Waals surface area contributed by atoms with E-state index < -0.39 is 0 Å². The lowest BCUT2D eigenvalue weighted by atomic mass is 9.86. The van der Waals surface area contributed by atoms with Crippen LogP contribution in [0, 0.1) is 5.92 Å². The first-order valence-corrected chi connectivity index (χ1v) is 5.53. The molecule has 0 amide bonds. The second kappa shape index (κ2) is 4.57. The molecule has 0 bridgehead atoms. The van der Waals surface area contributed by atoms with E-state index >= 15 is 0 Å². The van der Waals surface area contributed by atoms with Gasteiger partial charge < -0.3 is 5.73 Å². The number of nitrogens with two attached hydrogens (primary N) is 1. The predicted molar refractivity (Wildman–Crippen MR) is 57.7 cm³/mol. The van der Waals surface area contributed by atoms with E-state index in [9.17, 15) is 4.79 Å². The van der Waals surface area contributed by atoms with Gasteiger partial charge in [-0.2, -0.15) is 5.10 Å². The summed E-state index contributed by atoms with van der Waals surface area (Å²) in [6.07, 6.45) is 8.91. The van der Waals surface area contributed by atoms with E-state index in [2.05, 4.69) is 5.10 Å². The summed E-state index contributed by atoms with van der Waals surface area (Å²) in [5.74, 6) is 0.683. The average molecular weight is 207 g/mol. The molecule has 0 aromatic carbocycles. The Hall–Kier alpha value is -1.16. The maximum absolute atomic E-state index is 10.5. The first-order valence-electron chi connectivity index (χ1n) is 5.53. The molecule has 1 aromatic rings. The van der Waals surface area contributed by atoms with Crippen LogP contribution in [-0.4, -0.2) is 22.6 Å². The Morgan fingerprint density at radius 1 is 1.47 bits per heavy atom. The largest absolute Gasteiger partial charge is 0.330 e. The molecule has 0 atom stereocenters. The second-order valence-corrected chi connectivity index (χ2v) is 4.28. The minimum Gasteiger partial charge on any atom is -0.330 e. The minimum atomic E-state index is 0.460. The summed E-state index contributed by atoms with van der Waals surface area (Å²) in [7, 11) is 0. The Balaban J connectivity index is 1.97. The number of hydrogen-bond acceptors (Lipinski definition) is 3. The van der Waals surface area contributed by atoms with Gasteiger partial charge in [0.05, 0.1) is 17.8 Å². The summed E-state index contributed by atoms with van der Waals surface area (Å²) in [6.45, 7) is 0.797. The molecule has 2 rings (SSSR count). The lowest BCUT2D eigenvalue weighted by Crippen LogP contribution is -2.23. The van der Waals surface area contributed by atoms with Gasteiger partial charge >= 0.3 is 0 Å². The van der Waals surface area contributed by atoms with Crippen molar-refractivity contribution in [2.45, 2.75) is 31.7 Å². The third-order valence-corrected chi connectivity index (χ3v) is 3.28. The highest BCUT2D eigenvalue weighted by atomic mass is 16.1. The van der Waals surface area contributed by atoms with Crippen LogP contribution in [0.25, 0.3) is 0 Å². The van der Waals surface area contributed by atoms with Crippen LogP contribution in [0.2, 0.25) is 0 Å². The Kier molecular flexibility index (Phi) is 3.16. The van der Waals surface area contributed by atoms with Gasteiger partial charge in [0, 0.05) is 6.20 Å². The van der Waals surface area contributed by atoms with Gasteiger partial charge in [-0.1, -0.05) is 0 Å². The van der Waals surface area contributed by atoms with Crippen molar-refractivity contribution >= 4 is 6.29 Å². The summed E-state index contributed by atoms with van der Waals surface area (Å²) in [5, 5.41) is 4.22. The molecule has 4 nitrogen and oxygen atoms in total. The van der Waals surface area contributed by atoms with Crippen molar-refractivity contribution in [2.75, 3.05) is 6.54 Å². The van der Waals surface area contributed by atoms with Gasteiger partial charge in [-0.05, 0) is 38.1 Å². The van der Waals surface area contributed by atoms with E-state index in [1.54, 1.807) is 6.20 Å². The van der Waals surface area contributed by atoms with Crippen LogP contribution in [0.4, 0.5) is 0 Å². The van der Waals surface area contributed by atoms with Crippen molar-refractivity contribution in [2.24, 2.45) is 11.7 Å². The molecule has 1 fully saturated rings. The third kappa shape index (κ3) is 2.26. The molecule has 2 N–H and O–H groups in total. The average Bonchev–Trinajstić information content (AvgIpc) is 2.78. The van der Waals surface area contributed by atoms with Gasteiger partial charge in [-0.25, -0.2) is 0 Å². The van der Waals surface area contributed by atoms with Crippen LogP contribution in [0.3, 0.4) is 0 Å². The standard InChI is InChI=1S/C11H17N3O/c12-5-9-1-3-11(4-2-9)14-7-10(8-15)6-13-14/h6-9,11H,1-5,12H2. The minimum absolute atomic E-state index is 0.460. The van der Waals surface area contributed by atoms with Crippen molar-refractivity contribution in [3.63, 3.8) is 0 Å². The SMILES string of the molecule is NCC1CCC(n2cc(C=O)cn2)CC1. The van der Waals surface area contributed by atoms with E-state index in [-0.39, 0.29) is 0 Å². The number of nitrogens with zero attached hydrogens (tertiary/aromatic N) is 2. The maximum atomic E-state index is 10.5. The van der Waals surface area contributed by atoms with Gasteiger partial charge in [-0.15, -0.1) is 0 Å². The predicted octanol–water partition coefficient (Wildman–Crippen LogP) is 1.39. The van der Waals surface area contributed by atoms with Crippen LogP contribution < -0.4 is 5.73 Å². The van der Waals surface area contributed by atoms with E-state index in [1.165, 1.54) is 12.8 Å². The van der Waals surface area contributed by atoms with Gasteiger partial charge in [0.25, 0.3) is 0 Å². The zero-order valence-electron chi connectivity index (χ0n) is 8.80. The molecule has 1 saturated carbocycles. The normalized spacial score (nSPS) is 26.5. The zero-order chi connectivity index (χ0) is 10.7. The van der Waals surface area contributed by atoms with E-state index in [4.69, 9.17) is 5.73 Å². The molecule has 0 radical (unpaired) electrons. The first-order chi connectivity index (χ1) is 7.33. The fraction of sp³-hybridized carbons (Fsp3) is 0.636. The molecule has 4 heteroatoms. The number of hydrogen-bond donors (Lipinski definition) is 1. The highest BCUT2D eigenvalue weighted by Crippen LogP contribution is 2.31. The van der Waals surface area contributed by atoms with Crippen molar-refractivity contribution in [3.8, 4) is 0 Å². The number of carbonyl (C=O) groups is 1. The smallest absolute Gasteiger partial charge is 0.153 e. The molecule has 0 saturated heterocycles. The quantitative estimate of drug-likeness (QED) is 0.762. The van der Waals surface area contributed by atoms with Gasteiger partial charge in [0.15, 0.2) is 6.29 Å². The number of carbonyl (C=O) groups excluding carboxylic acids is 1. The molecular weight excluding hydrogens is 190 g/mol. The molecular formula is C11H17N3O. The zero-order valence-corrected chi connectivity index (χ0v) is 8.80. The molecule has 1 aromatic heterocycles. The summed E-state index contributed by atoms with van der Waals surface area (Å²) in [4.78, 5) is 10.5. The van der Waals surface area contributed by atoms with Crippen LogP contribution in [0.15, 0.2) is 12.4 Å². The second-order valence-electron chi connectivity index (χ2n) is 4.28. The van der Waals surface area contributed by atoms with Crippen molar-refractivity contribution < 1.29 is 4.79 Å². The number of aldehydes is 1. The fourth-order valence-corrected chi connectivity index (χ4v) is 2.26. The van der Waals surface area contributed by atoms with E-state index in [1.807, 2.05) is 10.9 Å². The highest BCUT2D eigenvalue weighted by molar-refractivity contribution is 5.73. The summed E-state index contributed by atoms with van der Waals surface area (Å²) >= 11 is 0. The molecule has 15 heavy (non-hydrogen) atoms. The topological polar surface area (TPSA) is 60.9 Å². The molecule has 0 aliphatic heterocycles. The van der Waals surface area contributed by atoms with Crippen LogP contribution in [0.5, 0.6) is 0 Å². The van der Waals surface area contributed by atoms with Crippen LogP contribution >= 0.6 is 0 Å². The molecule has 0 spiro atoms. The molecule has 1 aliphatic carbocycles. The van der Waals surface area contributed by atoms with Gasteiger partial charge in [0.1, 0.15) is 0 Å².